The van der Waals surface area contributed by atoms with Gasteiger partial charge in [-0.25, -0.2) is 0 Å². The van der Waals surface area contributed by atoms with Crippen LogP contribution in [0.3, 0.4) is 0 Å². The number of rotatable bonds is 6. The molecule has 2 aliphatic heterocycles. The van der Waals surface area contributed by atoms with Crippen LogP contribution >= 0.6 is 0 Å². The number of methoxy groups -OCH3 is 1. The van der Waals surface area contributed by atoms with Crippen molar-refractivity contribution in [3.8, 4) is 5.75 Å². The number of benzene rings is 1. The van der Waals surface area contributed by atoms with Crippen molar-refractivity contribution >= 4 is 5.96 Å². The number of piperidine rings is 2. The third-order valence-electron chi connectivity index (χ3n) is 6.46. The molecule has 5 nitrogen and oxygen atoms in total. The van der Waals surface area contributed by atoms with Crippen LogP contribution in [0.1, 0.15) is 56.9 Å². The molecule has 0 saturated carbocycles. The predicted molar refractivity (Wildman–Crippen MR) is 113 cm³/mol. The van der Waals surface area contributed by atoms with Crippen molar-refractivity contribution in [2.24, 2.45) is 4.99 Å². The van der Waals surface area contributed by atoms with Crippen molar-refractivity contribution < 1.29 is 4.74 Å². The number of ether oxygens (including phenoxy) is 1. The molecular formula is C22H36N4O. The van der Waals surface area contributed by atoms with E-state index in [0.29, 0.717) is 12.0 Å². The fourth-order valence-corrected chi connectivity index (χ4v) is 4.63. The fraction of sp³-hybridized carbons (Fsp3) is 0.682. The van der Waals surface area contributed by atoms with Crippen molar-refractivity contribution in [2.75, 3.05) is 27.7 Å². The molecule has 0 aromatic heterocycles. The SMILES string of the molecule is CN=C(NCCC(C)c1ccc(OC)cc1)NC1CC2CCCC(C1)N2C. The minimum Gasteiger partial charge on any atom is -0.497 e. The summed E-state index contributed by atoms with van der Waals surface area (Å²) in [4.78, 5) is 7.06. The molecule has 2 bridgehead atoms. The Bertz CT molecular complexity index is 601. The van der Waals surface area contributed by atoms with Gasteiger partial charge in [-0.2, -0.15) is 0 Å². The van der Waals surface area contributed by atoms with Gasteiger partial charge in [-0.3, -0.25) is 4.99 Å². The molecule has 3 atom stereocenters. The van der Waals surface area contributed by atoms with Crippen molar-refractivity contribution in [2.45, 2.75) is 69.5 Å². The van der Waals surface area contributed by atoms with Gasteiger partial charge in [0.1, 0.15) is 5.75 Å². The van der Waals surface area contributed by atoms with Gasteiger partial charge in [0.25, 0.3) is 0 Å². The normalized spacial score (nSPS) is 27.1. The van der Waals surface area contributed by atoms with Gasteiger partial charge in [0.15, 0.2) is 5.96 Å². The van der Waals surface area contributed by atoms with Crippen LogP contribution in [0.25, 0.3) is 0 Å². The predicted octanol–water partition coefficient (Wildman–Crippen LogP) is 3.37. The summed E-state index contributed by atoms with van der Waals surface area (Å²) < 4.78 is 5.24. The van der Waals surface area contributed by atoms with Crippen LogP contribution in [0, 0.1) is 0 Å². The highest BCUT2D eigenvalue weighted by Gasteiger charge is 2.36. The second kappa shape index (κ2) is 9.45. The summed E-state index contributed by atoms with van der Waals surface area (Å²) in [5.41, 5.74) is 1.35. The molecule has 3 unspecified atom stereocenters. The van der Waals surface area contributed by atoms with E-state index >= 15 is 0 Å². The van der Waals surface area contributed by atoms with Gasteiger partial charge in [0.2, 0.25) is 0 Å². The molecule has 5 heteroatoms. The van der Waals surface area contributed by atoms with Crippen LogP contribution in [-0.2, 0) is 0 Å². The molecule has 2 saturated heterocycles. The van der Waals surface area contributed by atoms with E-state index < -0.39 is 0 Å². The quantitative estimate of drug-likeness (QED) is 0.594. The molecule has 150 valence electrons. The fourth-order valence-electron chi connectivity index (χ4n) is 4.63. The second-order valence-corrected chi connectivity index (χ2v) is 8.18. The molecule has 3 rings (SSSR count). The topological polar surface area (TPSA) is 48.9 Å². The lowest BCUT2D eigenvalue weighted by Crippen LogP contribution is -2.56. The Morgan fingerprint density at radius 3 is 2.48 bits per heavy atom. The average Bonchev–Trinajstić information content (AvgIpc) is 2.67. The minimum absolute atomic E-state index is 0.504. The first-order chi connectivity index (χ1) is 13.1. The van der Waals surface area contributed by atoms with Crippen molar-refractivity contribution in [1.82, 2.24) is 15.5 Å². The number of guanidine groups is 1. The van der Waals surface area contributed by atoms with E-state index in [9.17, 15) is 0 Å². The third kappa shape index (κ3) is 5.16. The molecular weight excluding hydrogens is 336 g/mol. The van der Waals surface area contributed by atoms with E-state index in [1.54, 1.807) is 7.11 Å². The zero-order valence-electron chi connectivity index (χ0n) is 17.4. The van der Waals surface area contributed by atoms with Gasteiger partial charge in [0.05, 0.1) is 7.11 Å². The van der Waals surface area contributed by atoms with E-state index in [1.165, 1.54) is 37.7 Å². The summed E-state index contributed by atoms with van der Waals surface area (Å²) >= 11 is 0. The van der Waals surface area contributed by atoms with Crippen LogP contribution in [0.5, 0.6) is 5.75 Å². The number of fused-ring (bicyclic) bond motifs is 2. The van der Waals surface area contributed by atoms with Crippen molar-refractivity contribution in [3.05, 3.63) is 29.8 Å². The number of nitrogens with zero attached hydrogens (tertiary/aromatic N) is 2. The van der Waals surface area contributed by atoms with Crippen LogP contribution in [0.15, 0.2) is 29.3 Å². The van der Waals surface area contributed by atoms with E-state index in [-0.39, 0.29) is 0 Å². The molecule has 1 aromatic carbocycles. The molecule has 0 spiro atoms. The second-order valence-electron chi connectivity index (χ2n) is 8.18. The summed E-state index contributed by atoms with van der Waals surface area (Å²) in [5, 5.41) is 7.20. The Balaban J connectivity index is 1.44. The molecule has 2 aliphatic rings. The van der Waals surface area contributed by atoms with E-state index in [0.717, 1.165) is 36.8 Å². The van der Waals surface area contributed by atoms with E-state index in [1.807, 2.05) is 19.2 Å². The van der Waals surface area contributed by atoms with Crippen LogP contribution in [0.4, 0.5) is 0 Å². The summed E-state index contributed by atoms with van der Waals surface area (Å²) in [6.07, 6.45) is 7.62. The number of hydrogen-bond donors (Lipinski definition) is 2. The maximum atomic E-state index is 5.24. The summed E-state index contributed by atoms with van der Waals surface area (Å²) in [6.45, 7) is 3.20. The standard InChI is InChI=1S/C22H36N4O/c1-16(17-8-10-21(27-4)11-9-17)12-13-24-22(23-2)25-18-14-19-6-5-7-20(15-18)26(19)3/h8-11,16,18-20H,5-7,12-15H2,1-4H3,(H2,23,24,25). The Morgan fingerprint density at radius 2 is 1.89 bits per heavy atom. The smallest absolute Gasteiger partial charge is 0.191 e. The number of hydrogen-bond acceptors (Lipinski definition) is 3. The van der Waals surface area contributed by atoms with Crippen molar-refractivity contribution in [3.63, 3.8) is 0 Å². The maximum absolute atomic E-state index is 5.24. The molecule has 0 radical (unpaired) electrons. The number of nitrogens with one attached hydrogen (secondary N) is 2. The zero-order valence-corrected chi connectivity index (χ0v) is 17.4. The minimum atomic E-state index is 0.504. The summed E-state index contributed by atoms with van der Waals surface area (Å²) in [6, 6.07) is 10.4. The van der Waals surface area contributed by atoms with Crippen LogP contribution in [0.2, 0.25) is 0 Å². The van der Waals surface area contributed by atoms with Crippen LogP contribution < -0.4 is 15.4 Å². The largest absolute Gasteiger partial charge is 0.497 e. The van der Waals surface area contributed by atoms with Gasteiger partial charge in [-0.1, -0.05) is 25.5 Å². The Kier molecular flexibility index (Phi) is 7.00. The van der Waals surface area contributed by atoms with Gasteiger partial charge in [0, 0.05) is 31.7 Å². The van der Waals surface area contributed by atoms with Gasteiger partial charge in [-0.15, -0.1) is 0 Å². The first-order valence-corrected chi connectivity index (χ1v) is 10.4. The lowest BCUT2D eigenvalue weighted by atomic mass is 9.82. The lowest BCUT2D eigenvalue weighted by molar-refractivity contribution is 0.0526. The first kappa shape index (κ1) is 20.0. The molecule has 0 aliphatic carbocycles. The Morgan fingerprint density at radius 1 is 1.22 bits per heavy atom. The highest BCUT2D eigenvalue weighted by Crippen LogP contribution is 2.32. The third-order valence-corrected chi connectivity index (χ3v) is 6.46. The molecule has 2 heterocycles. The Hall–Kier alpha value is -1.75. The molecule has 0 amide bonds. The lowest BCUT2D eigenvalue weighted by Gasteiger charge is -2.47. The van der Waals surface area contributed by atoms with Crippen LogP contribution in [-0.4, -0.2) is 56.7 Å². The maximum Gasteiger partial charge on any atom is 0.191 e. The molecule has 1 aromatic rings. The van der Waals surface area contributed by atoms with Crippen molar-refractivity contribution in [1.29, 1.82) is 0 Å². The monoisotopic (exact) mass is 372 g/mol. The highest BCUT2D eigenvalue weighted by molar-refractivity contribution is 5.79. The van der Waals surface area contributed by atoms with Gasteiger partial charge in [-0.05, 0) is 62.8 Å². The number of aliphatic imine (C=N–C) groups is 1. The van der Waals surface area contributed by atoms with E-state index in [2.05, 4.69) is 46.6 Å². The summed E-state index contributed by atoms with van der Waals surface area (Å²) in [7, 11) is 5.88. The zero-order chi connectivity index (χ0) is 19.2. The Labute approximate surface area is 164 Å². The summed E-state index contributed by atoms with van der Waals surface area (Å²) in [5.74, 6) is 2.37. The molecule has 27 heavy (non-hydrogen) atoms. The van der Waals surface area contributed by atoms with E-state index in [4.69, 9.17) is 4.74 Å². The first-order valence-electron chi connectivity index (χ1n) is 10.4. The van der Waals surface area contributed by atoms with Gasteiger partial charge < -0.3 is 20.3 Å². The highest BCUT2D eigenvalue weighted by atomic mass is 16.5. The molecule has 2 N–H and O–H groups in total. The average molecular weight is 373 g/mol. The van der Waals surface area contributed by atoms with Gasteiger partial charge >= 0.3 is 0 Å². The molecule has 2 fully saturated rings.